The van der Waals surface area contributed by atoms with E-state index in [1.54, 1.807) is 14.2 Å². The number of rotatable bonds is 2. The molecule has 0 aliphatic heterocycles. The number of para-hydroxylation sites is 1. The molecule has 0 atom stereocenters. The van der Waals surface area contributed by atoms with Gasteiger partial charge in [-0.2, -0.15) is 0 Å². The van der Waals surface area contributed by atoms with Crippen molar-refractivity contribution in [1.82, 2.24) is 4.57 Å². The zero-order valence-electron chi connectivity index (χ0n) is 12.9. The molecule has 0 spiro atoms. The van der Waals surface area contributed by atoms with Crippen LogP contribution in [-0.2, 0) is 7.05 Å². The second kappa shape index (κ2) is 4.67. The van der Waals surface area contributed by atoms with E-state index in [2.05, 4.69) is 48.0 Å². The summed E-state index contributed by atoms with van der Waals surface area (Å²) in [6.45, 7) is 0. The number of benzene rings is 3. The van der Waals surface area contributed by atoms with Crippen LogP contribution >= 0.6 is 0 Å². The summed E-state index contributed by atoms with van der Waals surface area (Å²) in [7, 11) is 5.53. The lowest BCUT2D eigenvalue weighted by atomic mass is 10.0. The van der Waals surface area contributed by atoms with Crippen molar-refractivity contribution >= 4 is 32.6 Å². The van der Waals surface area contributed by atoms with Gasteiger partial charge in [-0.1, -0.05) is 42.5 Å². The molecule has 0 saturated heterocycles. The number of aromatic nitrogens is 1. The first-order valence-corrected chi connectivity index (χ1v) is 7.27. The van der Waals surface area contributed by atoms with Crippen LogP contribution in [-0.4, -0.2) is 18.8 Å². The van der Waals surface area contributed by atoms with E-state index in [0.717, 1.165) is 33.2 Å². The molecule has 0 amide bonds. The van der Waals surface area contributed by atoms with E-state index in [-0.39, 0.29) is 0 Å². The third-order valence-corrected chi connectivity index (χ3v) is 4.37. The van der Waals surface area contributed by atoms with Crippen LogP contribution in [0.4, 0.5) is 0 Å². The summed E-state index contributed by atoms with van der Waals surface area (Å²) in [6.07, 6.45) is 0. The van der Waals surface area contributed by atoms with Gasteiger partial charge in [0.05, 0.1) is 25.1 Å². The Kier molecular flexibility index (Phi) is 2.76. The standard InChI is InChI=1S/C19H17NO2/c1-20-15-11-7-6-10-14(15)16-17(20)19(22-3)13-9-5-4-8-12(13)18(16)21-2/h4-11H,1-3H3. The highest BCUT2D eigenvalue weighted by atomic mass is 16.5. The van der Waals surface area contributed by atoms with Crippen molar-refractivity contribution < 1.29 is 9.47 Å². The molecule has 0 aliphatic carbocycles. The molecule has 0 radical (unpaired) electrons. The summed E-state index contributed by atoms with van der Waals surface area (Å²) in [5.41, 5.74) is 2.24. The van der Waals surface area contributed by atoms with Crippen LogP contribution in [0.25, 0.3) is 32.6 Å². The molecule has 3 nitrogen and oxygen atoms in total. The number of ether oxygens (including phenoxy) is 2. The zero-order chi connectivity index (χ0) is 15.3. The average Bonchev–Trinajstić information content (AvgIpc) is 2.86. The fourth-order valence-corrected chi connectivity index (χ4v) is 3.45. The highest BCUT2D eigenvalue weighted by Crippen LogP contribution is 2.46. The van der Waals surface area contributed by atoms with E-state index in [1.807, 2.05) is 12.1 Å². The fourth-order valence-electron chi connectivity index (χ4n) is 3.45. The topological polar surface area (TPSA) is 23.4 Å². The van der Waals surface area contributed by atoms with Crippen LogP contribution in [0, 0.1) is 0 Å². The zero-order valence-corrected chi connectivity index (χ0v) is 12.9. The summed E-state index contributed by atoms with van der Waals surface area (Å²) < 4.78 is 13.7. The summed E-state index contributed by atoms with van der Waals surface area (Å²) in [4.78, 5) is 0. The van der Waals surface area contributed by atoms with Crippen LogP contribution in [0.3, 0.4) is 0 Å². The number of fused-ring (bicyclic) bond motifs is 4. The lowest BCUT2D eigenvalue weighted by Gasteiger charge is -2.13. The predicted octanol–water partition coefficient (Wildman–Crippen LogP) is 4.50. The molecule has 22 heavy (non-hydrogen) atoms. The first kappa shape index (κ1) is 13.0. The van der Waals surface area contributed by atoms with Gasteiger partial charge in [0.25, 0.3) is 0 Å². The smallest absolute Gasteiger partial charge is 0.151 e. The molecular formula is C19H17NO2. The lowest BCUT2D eigenvalue weighted by Crippen LogP contribution is -1.95. The van der Waals surface area contributed by atoms with Gasteiger partial charge in [-0.3, -0.25) is 0 Å². The quantitative estimate of drug-likeness (QED) is 0.543. The van der Waals surface area contributed by atoms with Crippen LogP contribution in [0.1, 0.15) is 0 Å². The Balaban J connectivity index is 2.41. The molecule has 3 aromatic carbocycles. The van der Waals surface area contributed by atoms with E-state index in [0.29, 0.717) is 0 Å². The molecule has 0 bridgehead atoms. The molecule has 0 N–H and O–H groups in total. The first-order valence-electron chi connectivity index (χ1n) is 7.27. The number of nitrogens with zero attached hydrogens (tertiary/aromatic N) is 1. The number of hydrogen-bond donors (Lipinski definition) is 0. The highest BCUT2D eigenvalue weighted by molar-refractivity contribution is 6.20. The van der Waals surface area contributed by atoms with Gasteiger partial charge >= 0.3 is 0 Å². The molecular weight excluding hydrogens is 274 g/mol. The van der Waals surface area contributed by atoms with Crippen molar-refractivity contribution in [2.24, 2.45) is 7.05 Å². The average molecular weight is 291 g/mol. The summed E-state index contributed by atoms with van der Waals surface area (Å²) >= 11 is 0. The van der Waals surface area contributed by atoms with Crippen molar-refractivity contribution in [1.29, 1.82) is 0 Å². The summed E-state index contributed by atoms with van der Waals surface area (Å²) in [5, 5.41) is 4.43. The van der Waals surface area contributed by atoms with Gasteiger partial charge in [0.2, 0.25) is 0 Å². The molecule has 4 rings (SSSR count). The number of methoxy groups -OCH3 is 2. The number of aryl methyl sites for hydroxylation is 1. The Bertz CT molecular complexity index is 1010. The van der Waals surface area contributed by atoms with Gasteiger partial charge in [-0.15, -0.1) is 0 Å². The molecule has 1 aromatic heterocycles. The van der Waals surface area contributed by atoms with Crippen molar-refractivity contribution in [3.8, 4) is 11.5 Å². The van der Waals surface area contributed by atoms with Crippen LogP contribution in [0.5, 0.6) is 11.5 Å². The Morgan fingerprint density at radius 1 is 0.727 bits per heavy atom. The van der Waals surface area contributed by atoms with E-state index < -0.39 is 0 Å². The van der Waals surface area contributed by atoms with Gasteiger partial charge < -0.3 is 14.0 Å². The van der Waals surface area contributed by atoms with Crippen molar-refractivity contribution in [3.05, 3.63) is 48.5 Å². The molecule has 0 saturated carbocycles. The normalized spacial score (nSPS) is 11.4. The SMILES string of the molecule is COc1c2ccccc2c(OC)c2c1c1ccccc1n2C. The van der Waals surface area contributed by atoms with Gasteiger partial charge in [-0.05, 0) is 6.07 Å². The largest absolute Gasteiger partial charge is 0.495 e. The van der Waals surface area contributed by atoms with Gasteiger partial charge in [0, 0.05) is 28.7 Å². The molecule has 4 aromatic rings. The first-order chi connectivity index (χ1) is 10.8. The van der Waals surface area contributed by atoms with Crippen molar-refractivity contribution in [2.75, 3.05) is 14.2 Å². The minimum atomic E-state index is 0.894. The van der Waals surface area contributed by atoms with E-state index in [9.17, 15) is 0 Å². The fraction of sp³-hybridized carbons (Fsp3) is 0.158. The van der Waals surface area contributed by atoms with E-state index >= 15 is 0 Å². The van der Waals surface area contributed by atoms with Crippen molar-refractivity contribution in [2.45, 2.75) is 0 Å². The maximum atomic E-state index is 5.79. The Morgan fingerprint density at radius 2 is 1.27 bits per heavy atom. The third-order valence-electron chi connectivity index (χ3n) is 4.37. The predicted molar refractivity (Wildman–Crippen MR) is 91.0 cm³/mol. The maximum absolute atomic E-state index is 5.79. The Hall–Kier alpha value is -2.68. The lowest BCUT2D eigenvalue weighted by molar-refractivity contribution is 0.416. The van der Waals surface area contributed by atoms with Crippen molar-refractivity contribution in [3.63, 3.8) is 0 Å². The highest BCUT2D eigenvalue weighted by Gasteiger charge is 2.20. The minimum Gasteiger partial charge on any atom is -0.495 e. The Morgan fingerprint density at radius 3 is 1.91 bits per heavy atom. The molecule has 3 heteroatoms. The molecule has 0 aliphatic rings. The van der Waals surface area contributed by atoms with Gasteiger partial charge in [0.15, 0.2) is 5.75 Å². The van der Waals surface area contributed by atoms with E-state index in [1.165, 1.54) is 10.9 Å². The van der Waals surface area contributed by atoms with Gasteiger partial charge in [-0.25, -0.2) is 0 Å². The molecule has 1 heterocycles. The maximum Gasteiger partial charge on any atom is 0.151 e. The summed E-state index contributed by atoms with van der Waals surface area (Å²) in [5.74, 6) is 1.80. The molecule has 0 unspecified atom stereocenters. The van der Waals surface area contributed by atoms with Crippen LogP contribution < -0.4 is 9.47 Å². The third kappa shape index (κ3) is 1.51. The second-order valence-corrected chi connectivity index (χ2v) is 5.41. The number of hydrogen-bond acceptors (Lipinski definition) is 2. The monoisotopic (exact) mass is 291 g/mol. The molecule has 0 fully saturated rings. The Labute approximate surface area is 128 Å². The molecule has 110 valence electrons. The summed E-state index contributed by atoms with van der Waals surface area (Å²) in [6, 6.07) is 16.6. The van der Waals surface area contributed by atoms with Gasteiger partial charge in [0.1, 0.15) is 5.75 Å². The second-order valence-electron chi connectivity index (χ2n) is 5.41. The van der Waals surface area contributed by atoms with Crippen LogP contribution in [0.15, 0.2) is 48.5 Å². The van der Waals surface area contributed by atoms with E-state index in [4.69, 9.17) is 9.47 Å². The minimum absolute atomic E-state index is 0.894. The van der Waals surface area contributed by atoms with Crippen LogP contribution in [0.2, 0.25) is 0 Å².